The molecule has 4 aromatic carbocycles. The van der Waals surface area contributed by atoms with Gasteiger partial charge in [0.05, 0.1) is 6.04 Å². The lowest BCUT2D eigenvalue weighted by molar-refractivity contribution is 0.233. The van der Waals surface area contributed by atoms with Crippen LogP contribution in [0.3, 0.4) is 0 Å². The summed E-state index contributed by atoms with van der Waals surface area (Å²) in [5.41, 5.74) is 4.66. The van der Waals surface area contributed by atoms with Gasteiger partial charge in [-0.15, -0.1) is 0 Å². The number of nitrogens with one attached hydrogen (secondary N) is 2. The fourth-order valence-electron chi connectivity index (χ4n) is 4.22. The highest BCUT2D eigenvalue weighted by atomic mass is 79.9. The fourth-order valence-corrected chi connectivity index (χ4v) is 5.02. The standard InChI is InChI=1S/C30H27BrClFN2O/c1-20(18-21-14-16-23(17-15-21)22-8-3-2-4-9-22)34-30(36)35-29(24-10-5-6-11-26(24)31)19-25-27(32)12-7-13-28(25)33/h2-17,20,29H,18-19H2,1H3,(H2,34,35,36). The van der Waals surface area contributed by atoms with Gasteiger partial charge in [0.25, 0.3) is 0 Å². The van der Waals surface area contributed by atoms with Gasteiger partial charge in [-0.2, -0.15) is 0 Å². The normalized spacial score (nSPS) is 12.6. The van der Waals surface area contributed by atoms with Crippen molar-refractivity contribution in [3.63, 3.8) is 0 Å². The Kier molecular flexibility index (Phi) is 8.79. The molecule has 0 saturated heterocycles. The molecule has 0 fully saturated rings. The number of halogens is 3. The Balaban J connectivity index is 1.43. The van der Waals surface area contributed by atoms with Gasteiger partial charge >= 0.3 is 6.03 Å². The summed E-state index contributed by atoms with van der Waals surface area (Å²) in [6.07, 6.45) is 0.901. The molecule has 0 aromatic heterocycles. The summed E-state index contributed by atoms with van der Waals surface area (Å²) in [6.45, 7) is 1.96. The lowest BCUT2D eigenvalue weighted by Gasteiger charge is -2.23. The molecular formula is C30H27BrClFN2O. The van der Waals surface area contributed by atoms with E-state index in [9.17, 15) is 9.18 Å². The Hall–Kier alpha value is -3.15. The van der Waals surface area contributed by atoms with Gasteiger partial charge in [0, 0.05) is 27.5 Å². The molecule has 0 aliphatic rings. The number of amides is 2. The first-order chi connectivity index (χ1) is 17.4. The molecule has 36 heavy (non-hydrogen) atoms. The highest BCUT2D eigenvalue weighted by Crippen LogP contribution is 2.30. The van der Waals surface area contributed by atoms with Crippen molar-refractivity contribution in [1.82, 2.24) is 10.6 Å². The average molecular weight is 566 g/mol. The lowest BCUT2D eigenvalue weighted by atomic mass is 9.98. The van der Waals surface area contributed by atoms with Crippen LogP contribution >= 0.6 is 27.5 Å². The molecular weight excluding hydrogens is 539 g/mol. The third kappa shape index (κ3) is 6.74. The number of urea groups is 1. The Labute approximate surface area is 224 Å². The van der Waals surface area contributed by atoms with E-state index < -0.39 is 11.9 Å². The van der Waals surface area contributed by atoms with Crippen molar-refractivity contribution in [1.29, 1.82) is 0 Å². The van der Waals surface area contributed by atoms with Crippen molar-refractivity contribution in [2.45, 2.75) is 31.8 Å². The number of rotatable bonds is 8. The van der Waals surface area contributed by atoms with Crippen LogP contribution in [-0.2, 0) is 12.8 Å². The smallest absolute Gasteiger partial charge is 0.315 e. The van der Waals surface area contributed by atoms with E-state index in [4.69, 9.17) is 11.6 Å². The average Bonchev–Trinajstić information content (AvgIpc) is 2.87. The maximum Gasteiger partial charge on any atom is 0.315 e. The van der Waals surface area contributed by atoms with Crippen LogP contribution in [-0.4, -0.2) is 12.1 Å². The van der Waals surface area contributed by atoms with Gasteiger partial charge in [-0.25, -0.2) is 9.18 Å². The van der Waals surface area contributed by atoms with Crippen LogP contribution in [0.4, 0.5) is 9.18 Å². The predicted molar refractivity (Wildman–Crippen MR) is 149 cm³/mol. The summed E-state index contributed by atoms with van der Waals surface area (Å²) in [5.74, 6) is -0.394. The van der Waals surface area contributed by atoms with Gasteiger partial charge < -0.3 is 10.6 Å². The molecule has 6 heteroatoms. The van der Waals surface area contributed by atoms with Gasteiger partial charge in [0.2, 0.25) is 0 Å². The molecule has 0 spiro atoms. The Bertz CT molecular complexity index is 1290. The number of hydrogen-bond acceptors (Lipinski definition) is 1. The summed E-state index contributed by atoms with van der Waals surface area (Å²) in [7, 11) is 0. The van der Waals surface area contributed by atoms with Gasteiger partial charge in [-0.1, -0.05) is 106 Å². The number of hydrogen-bond donors (Lipinski definition) is 2. The van der Waals surface area contributed by atoms with Crippen LogP contribution in [0.15, 0.2) is 102 Å². The molecule has 0 aliphatic carbocycles. The van der Waals surface area contributed by atoms with E-state index in [-0.39, 0.29) is 18.5 Å². The molecule has 184 valence electrons. The van der Waals surface area contributed by atoms with Crippen molar-refractivity contribution >= 4 is 33.6 Å². The Morgan fingerprint density at radius 3 is 2.19 bits per heavy atom. The zero-order valence-electron chi connectivity index (χ0n) is 19.8. The van der Waals surface area contributed by atoms with Crippen LogP contribution in [0.1, 0.15) is 29.7 Å². The van der Waals surface area contributed by atoms with Crippen molar-refractivity contribution in [2.75, 3.05) is 0 Å². The highest BCUT2D eigenvalue weighted by Gasteiger charge is 2.21. The summed E-state index contributed by atoms with van der Waals surface area (Å²) in [6, 6.07) is 29.9. The van der Waals surface area contributed by atoms with E-state index in [0.717, 1.165) is 21.2 Å². The predicted octanol–water partition coefficient (Wildman–Crippen LogP) is 8.12. The summed E-state index contributed by atoms with van der Waals surface area (Å²) in [4.78, 5) is 13.0. The molecule has 2 amide bonds. The molecule has 0 heterocycles. The van der Waals surface area contributed by atoms with Crippen LogP contribution < -0.4 is 10.6 Å². The molecule has 0 radical (unpaired) electrons. The minimum atomic E-state index is -0.479. The van der Waals surface area contributed by atoms with E-state index in [2.05, 4.69) is 63.0 Å². The largest absolute Gasteiger partial charge is 0.335 e. The van der Waals surface area contributed by atoms with Gasteiger partial charge in [-0.05, 0) is 53.8 Å². The SMILES string of the molecule is CC(Cc1ccc(-c2ccccc2)cc1)NC(=O)NC(Cc1c(F)cccc1Cl)c1ccccc1Br. The zero-order valence-corrected chi connectivity index (χ0v) is 22.2. The minimum absolute atomic E-state index is 0.107. The Morgan fingerprint density at radius 1 is 0.833 bits per heavy atom. The number of carbonyl (C=O) groups is 1. The van der Waals surface area contributed by atoms with Crippen molar-refractivity contribution < 1.29 is 9.18 Å². The Morgan fingerprint density at radius 2 is 1.50 bits per heavy atom. The molecule has 4 rings (SSSR count). The number of benzene rings is 4. The molecule has 0 aliphatic heterocycles. The van der Waals surface area contributed by atoms with Crippen LogP contribution in [0.5, 0.6) is 0 Å². The lowest BCUT2D eigenvalue weighted by Crippen LogP contribution is -2.43. The van der Waals surface area contributed by atoms with Crippen LogP contribution in [0.2, 0.25) is 5.02 Å². The second kappa shape index (κ2) is 12.2. The molecule has 4 aromatic rings. The second-order valence-electron chi connectivity index (χ2n) is 8.76. The molecule has 0 saturated carbocycles. The second-order valence-corrected chi connectivity index (χ2v) is 10.0. The van der Waals surface area contributed by atoms with Crippen LogP contribution in [0.25, 0.3) is 11.1 Å². The van der Waals surface area contributed by atoms with E-state index in [1.54, 1.807) is 12.1 Å². The monoisotopic (exact) mass is 564 g/mol. The molecule has 0 bridgehead atoms. The minimum Gasteiger partial charge on any atom is -0.335 e. The van der Waals surface area contributed by atoms with E-state index >= 15 is 0 Å². The van der Waals surface area contributed by atoms with E-state index in [1.165, 1.54) is 11.6 Å². The summed E-state index contributed by atoms with van der Waals surface area (Å²) < 4.78 is 15.4. The maximum atomic E-state index is 14.5. The first-order valence-corrected chi connectivity index (χ1v) is 13.0. The summed E-state index contributed by atoms with van der Waals surface area (Å²) in [5, 5.41) is 6.37. The number of carbonyl (C=O) groups excluding carboxylic acids is 1. The summed E-state index contributed by atoms with van der Waals surface area (Å²) >= 11 is 9.84. The maximum absolute atomic E-state index is 14.5. The van der Waals surface area contributed by atoms with Crippen molar-refractivity contribution in [2.24, 2.45) is 0 Å². The third-order valence-corrected chi connectivity index (χ3v) is 7.11. The highest BCUT2D eigenvalue weighted by molar-refractivity contribution is 9.10. The van der Waals surface area contributed by atoms with E-state index in [0.29, 0.717) is 17.0 Å². The van der Waals surface area contributed by atoms with Gasteiger partial charge in [0.15, 0.2) is 0 Å². The van der Waals surface area contributed by atoms with Gasteiger partial charge in [-0.3, -0.25) is 0 Å². The van der Waals surface area contributed by atoms with Crippen LogP contribution in [0, 0.1) is 5.82 Å². The fraction of sp³-hybridized carbons (Fsp3) is 0.167. The van der Waals surface area contributed by atoms with Crippen molar-refractivity contribution in [3.05, 3.63) is 129 Å². The molecule has 3 nitrogen and oxygen atoms in total. The quantitative estimate of drug-likeness (QED) is 0.223. The first kappa shape index (κ1) is 25.9. The van der Waals surface area contributed by atoms with Crippen molar-refractivity contribution in [3.8, 4) is 11.1 Å². The topological polar surface area (TPSA) is 41.1 Å². The van der Waals surface area contributed by atoms with E-state index in [1.807, 2.05) is 49.4 Å². The van der Waals surface area contributed by atoms with Gasteiger partial charge in [0.1, 0.15) is 5.82 Å². The third-order valence-electron chi connectivity index (χ3n) is 6.04. The first-order valence-electron chi connectivity index (χ1n) is 11.8. The zero-order chi connectivity index (χ0) is 25.5. The molecule has 2 unspecified atom stereocenters. The molecule has 2 N–H and O–H groups in total. The molecule has 2 atom stereocenters.